The zero-order valence-corrected chi connectivity index (χ0v) is 17.7. The van der Waals surface area contributed by atoms with E-state index in [1.54, 1.807) is 6.07 Å². The molecule has 2 heterocycles. The number of benzene rings is 2. The third-order valence-corrected chi connectivity index (χ3v) is 5.45. The van der Waals surface area contributed by atoms with Crippen molar-refractivity contribution in [3.05, 3.63) is 63.4 Å². The van der Waals surface area contributed by atoms with Gasteiger partial charge in [0.15, 0.2) is 18.1 Å². The molecular weight excluding hydrogens is 380 g/mol. The Kier molecular flexibility index (Phi) is 5.02. The number of aromatic nitrogens is 1. The molecule has 156 valence electrons. The van der Waals surface area contributed by atoms with E-state index in [-0.39, 0.29) is 23.7 Å². The van der Waals surface area contributed by atoms with Crippen molar-refractivity contribution in [3.8, 4) is 11.5 Å². The number of para-hydroxylation sites is 1. The maximum atomic E-state index is 12.4. The van der Waals surface area contributed by atoms with E-state index in [9.17, 15) is 9.59 Å². The maximum absolute atomic E-state index is 12.4. The fourth-order valence-corrected chi connectivity index (χ4v) is 4.05. The molecule has 0 unspecified atom stereocenters. The molecule has 30 heavy (non-hydrogen) atoms. The number of rotatable bonds is 5. The van der Waals surface area contributed by atoms with E-state index < -0.39 is 0 Å². The van der Waals surface area contributed by atoms with Crippen molar-refractivity contribution < 1.29 is 14.3 Å². The fraction of sp³-hybridized carbons (Fsp3) is 0.333. The molecule has 3 aromatic rings. The Morgan fingerprint density at radius 3 is 2.83 bits per heavy atom. The lowest BCUT2D eigenvalue weighted by Crippen LogP contribution is -2.25. The summed E-state index contributed by atoms with van der Waals surface area (Å²) < 4.78 is 11.7. The minimum Gasteiger partial charge on any atom is -0.483 e. The summed E-state index contributed by atoms with van der Waals surface area (Å²) in [4.78, 5) is 27.6. The zero-order valence-electron chi connectivity index (χ0n) is 17.7. The van der Waals surface area contributed by atoms with Gasteiger partial charge in [-0.05, 0) is 51.0 Å². The lowest BCUT2D eigenvalue weighted by atomic mass is 10.0. The van der Waals surface area contributed by atoms with Crippen molar-refractivity contribution in [2.45, 2.75) is 46.1 Å². The van der Waals surface area contributed by atoms with E-state index in [1.807, 2.05) is 58.0 Å². The molecule has 1 amide bonds. The van der Waals surface area contributed by atoms with Crippen molar-refractivity contribution in [2.24, 2.45) is 0 Å². The molecule has 2 aromatic carbocycles. The molecule has 6 nitrogen and oxygen atoms in total. The standard InChI is InChI=1S/C24H26N2O4/c1-5-17-14(2)18-10-9-16(11-19(18)26-23(17)28)25-21(27)13-29-20-8-6-7-15-12-24(3,4)30-22(15)20/h6-11H,5,12-13H2,1-4H3,(H,25,27)(H,26,28). The van der Waals surface area contributed by atoms with Gasteiger partial charge < -0.3 is 19.8 Å². The van der Waals surface area contributed by atoms with Gasteiger partial charge in [-0.3, -0.25) is 9.59 Å². The number of aryl methyl sites for hydroxylation is 1. The van der Waals surface area contributed by atoms with Crippen LogP contribution >= 0.6 is 0 Å². The summed E-state index contributed by atoms with van der Waals surface area (Å²) in [6.07, 6.45) is 1.48. The normalized spacial score (nSPS) is 14.3. The summed E-state index contributed by atoms with van der Waals surface area (Å²) in [6.45, 7) is 7.83. The average Bonchev–Trinajstić information content (AvgIpc) is 3.00. The molecule has 0 radical (unpaired) electrons. The van der Waals surface area contributed by atoms with Gasteiger partial charge in [-0.25, -0.2) is 0 Å². The van der Waals surface area contributed by atoms with Crippen LogP contribution in [-0.4, -0.2) is 23.1 Å². The fourth-order valence-electron chi connectivity index (χ4n) is 4.05. The van der Waals surface area contributed by atoms with Gasteiger partial charge in [-0.15, -0.1) is 0 Å². The van der Waals surface area contributed by atoms with E-state index in [4.69, 9.17) is 9.47 Å². The molecule has 0 fully saturated rings. The minimum atomic E-state index is -0.284. The van der Waals surface area contributed by atoms with Gasteiger partial charge >= 0.3 is 0 Å². The zero-order chi connectivity index (χ0) is 21.5. The predicted octanol–water partition coefficient (Wildman–Crippen LogP) is 4.13. The lowest BCUT2D eigenvalue weighted by molar-refractivity contribution is -0.118. The number of pyridine rings is 1. The van der Waals surface area contributed by atoms with Gasteiger partial charge in [0, 0.05) is 28.6 Å². The van der Waals surface area contributed by atoms with Crippen LogP contribution in [0.15, 0.2) is 41.2 Å². The van der Waals surface area contributed by atoms with Crippen LogP contribution < -0.4 is 20.3 Å². The first-order valence-electron chi connectivity index (χ1n) is 10.2. The highest BCUT2D eigenvalue weighted by Gasteiger charge is 2.32. The van der Waals surface area contributed by atoms with E-state index in [0.717, 1.165) is 28.5 Å². The Labute approximate surface area is 175 Å². The number of fused-ring (bicyclic) bond motifs is 2. The van der Waals surface area contributed by atoms with Crippen LogP contribution in [0.5, 0.6) is 11.5 Å². The largest absolute Gasteiger partial charge is 0.483 e. The van der Waals surface area contributed by atoms with Crippen LogP contribution in [0.3, 0.4) is 0 Å². The number of hydrogen-bond acceptors (Lipinski definition) is 4. The molecule has 0 saturated carbocycles. The van der Waals surface area contributed by atoms with E-state index >= 15 is 0 Å². The first kappa shape index (κ1) is 20.0. The number of aromatic amines is 1. The molecule has 1 aromatic heterocycles. The molecular formula is C24H26N2O4. The molecule has 0 atom stereocenters. The van der Waals surface area contributed by atoms with Crippen LogP contribution in [0.1, 0.15) is 37.5 Å². The van der Waals surface area contributed by atoms with Crippen LogP contribution in [0.25, 0.3) is 10.9 Å². The molecule has 0 bridgehead atoms. The summed E-state index contributed by atoms with van der Waals surface area (Å²) in [5.41, 5.74) is 3.78. The topological polar surface area (TPSA) is 80.4 Å². The monoisotopic (exact) mass is 406 g/mol. The Bertz CT molecular complexity index is 1190. The molecule has 2 N–H and O–H groups in total. The number of anilines is 1. The number of carbonyl (C=O) groups is 1. The predicted molar refractivity (Wildman–Crippen MR) is 118 cm³/mol. The summed E-state index contributed by atoms with van der Waals surface area (Å²) in [5.74, 6) is 0.994. The first-order chi connectivity index (χ1) is 14.3. The highest BCUT2D eigenvalue weighted by atomic mass is 16.5. The average molecular weight is 406 g/mol. The van der Waals surface area contributed by atoms with E-state index in [0.29, 0.717) is 29.1 Å². The van der Waals surface area contributed by atoms with Gasteiger partial charge in [-0.2, -0.15) is 0 Å². The Morgan fingerprint density at radius 1 is 1.27 bits per heavy atom. The van der Waals surface area contributed by atoms with E-state index in [2.05, 4.69) is 10.3 Å². The second-order valence-electron chi connectivity index (χ2n) is 8.29. The number of H-pyrrole nitrogens is 1. The molecule has 1 aliphatic rings. The summed E-state index contributed by atoms with van der Waals surface area (Å²) in [6, 6.07) is 11.2. The number of nitrogens with one attached hydrogen (secondary N) is 2. The van der Waals surface area contributed by atoms with Crippen LogP contribution in [0, 0.1) is 6.92 Å². The molecule has 4 rings (SSSR count). The summed E-state index contributed by atoms with van der Waals surface area (Å²) in [7, 11) is 0. The smallest absolute Gasteiger partial charge is 0.262 e. The van der Waals surface area contributed by atoms with Gasteiger partial charge in [-0.1, -0.05) is 25.1 Å². The van der Waals surface area contributed by atoms with Crippen LogP contribution in [0.4, 0.5) is 5.69 Å². The molecule has 0 saturated heterocycles. The third-order valence-electron chi connectivity index (χ3n) is 5.45. The molecule has 1 aliphatic heterocycles. The highest BCUT2D eigenvalue weighted by molar-refractivity contribution is 5.95. The number of amides is 1. The Morgan fingerprint density at radius 2 is 2.07 bits per heavy atom. The van der Waals surface area contributed by atoms with Gasteiger partial charge in [0.05, 0.1) is 5.52 Å². The lowest BCUT2D eigenvalue weighted by Gasteiger charge is -2.18. The number of carbonyl (C=O) groups excluding carboxylic acids is 1. The van der Waals surface area contributed by atoms with Crippen molar-refractivity contribution in [1.82, 2.24) is 4.98 Å². The Hall–Kier alpha value is -3.28. The molecule has 6 heteroatoms. The summed E-state index contributed by atoms with van der Waals surface area (Å²) >= 11 is 0. The van der Waals surface area contributed by atoms with Gasteiger partial charge in [0.2, 0.25) is 0 Å². The Balaban J connectivity index is 1.47. The third kappa shape index (κ3) is 3.77. The number of ether oxygens (including phenoxy) is 2. The van der Waals surface area contributed by atoms with Crippen molar-refractivity contribution in [3.63, 3.8) is 0 Å². The van der Waals surface area contributed by atoms with Crippen molar-refractivity contribution in [2.75, 3.05) is 11.9 Å². The minimum absolute atomic E-state index is 0.0878. The number of hydrogen-bond donors (Lipinski definition) is 2. The maximum Gasteiger partial charge on any atom is 0.262 e. The highest BCUT2D eigenvalue weighted by Crippen LogP contribution is 2.41. The van der Waals surface area contributed by atoms with E-state index in [1.165, 1.54) is 0 Å². The second-order valence-corrected chi connectivity index (χ2v) is 8.29. The SMILES string of the molecule is CCc1c(C)c2ccc(NC(=O)COc3cccc4c3OC(C)(C)C4)cc2[nH]c1=O. The van der Waals surface area contributed by atoms with Crippen molar-refractivity contribution in [1.29, 1.82) is 0 Å². The summed E-state index contributed by atoms with van der Waals surface area (Å²) in [5, 5.41) is 3.80. The van der Waals surface area contributed by atoms with Gasteiger partial charge in [0.1, 0.15) is 5.60 Å². The quantitative estimate of drug-likeness (QED) is 0.668. The second kappa shape index (κ2) is 7.52. The molecule has 0 spiro atoms. The van der Waals surface area contributed by atoms with Gasteiger partial charge in [0.25, 0.3) is 11.5 Å². The molecule has 0 aliphatic carbocycles. The van der Waals surface area contributed by atoms with Crippen LogP contribution in [0.2, 0.25) is 0 Å². The van der Waals surface area contributed by atoms with Crippen LogP contribution in [-0.2, 0) is 17.6 Å². The first-order valence-corrected chi connectivity index (χ1v) is 10.2. The van der Waals surface area contributed by atoms with Crippen molar-refractivity contribution >= 4 is 22.5 Å².